The molecule has 142 valence electrons. The van der Waals surface area contributed by atoms with E-state index >= 15 is 0 Å². The molecule has 0 bridgehead atoms. The molecule has 0 fully saturated rings. The van der Waals surface area contributed by atoms with Gasteiger partial charge in [-0.25, -0.2) is 0 Å². The minimum Gasteiger partial charge on any atom is -0.545 e. The van der Waals surface area contributed by atoms with Gasteiger partial charge in [0.1, 0.15) is 0 Å². The molecule has 1 atom stereocenters. The smallest absolute Gasteiger partial charge is 0.0715 e. The van der Waals surface area contributed by atoms with Crippen LogP contribution in [0.1, 0.15) is 80.1 Å². The van der Waals surface area contributed by atoms with Crippen molar-refractivity contribution in [1.82, 2.24) is 0 Å². The minimum atomic E-state index is -1.11. The summed E-state index contributed by atoms with van der Waals surface area (Å²) >= 11 is 1.81. The van der Waals surface area contributed by atoms with Crippen LogP contribution in [-0.4, -0.2) is 11.7 Å². The quantitative estimate of drug-likeness (QED) is 0.752. The summed E-state index contributed by atoms with van der Waals surface area (Å²) in [6, 6.07) is 12.4. The van der Waals surface area contributed by atoms with E-state index in [0.29, 0.717) is 0 Å². The van der Waals surface area contributed by atoms with Crippen LogP contribution < -0.4 is 5.11 Å². The van der Waals surface area contributed by atoms with E-state index in [4.69, 9.17) is 0 Å². The highest BCUT2D eigenvalue weighted by Crippen LogP contribution is 2.51. The molecule has 0 amide bonds. The molecule has 2 aromatic rings. The Morgan fingerprint density at radius 3 is 2.22 bits per heavy atom. The number of hydrogen-bond donors (Lipinski definition) is 0. The first-order valence-electron chi connectivity index (χ1n) is 9.69. The van der Waals surface area contributed by atoms with Crippen LogP contribution in [0.15, 0.2) is 41.3 Å². The maximum absolute atomic E-state index is 11.4. The lowest BCUT2D eigenvalue weighted by molar-refractivity contribution is -0.255. The van der Waals surface area contributed by atoms with E-state index in [0.717, 1.165) is 11.3 Å². The fourth-order valence-electron chi connectivity index (χ4n) is 4.68. The van der Waals surface area contributed by atoms with Crippen molar-refractivity contribution in [1.29, 1.82) is 0 Å². The Morgan fingerprint density at radius 1 is 0.889 bits per heavy atom. The lowest BCUT2D eigenvalue weighted by atomic mass is 9.62. The predicted octanol–water partition coefficient (Wildman–Crippen LogP) is 4.81. The Balaban J connectivity index is 1.87. The number of rotatable bonds is 2. The largest absolute Gasteiger partial charge is 0.545 e. The standard InChI is InChI=1S/C24H28O2S/c1-22(2)10-11-23(3,4)18-13-16(7-8-17(18)22)24(5)14-27-20-9-6-15(21(25)26)12-19(20)24/h6-9,12-13H,10-11,14H2,1-5H3,(H,25,26)/p-1. The first kappa shape index (κ1) is 18.6. The third-order valence-electron chi connectivity index (χ3n) is 6.82. The molecule has 1 aliphatic carbocycles. The number of thioether (sulfide) groups is 1. The Hall–Kier alpha value is -1.74. The lowest BCUT2D eigenvalue weighted by Gasteiger charge is -2.42. The van der Waals surface area contributed by atoms with Gasteiger partial charge in [-0.05, 0) is 63.6 Å². The number of carboxylic acids is 1. The van der Waals surface area contributed by atoms with E-state index in [2.05, 4.69) is 52.8 Å². The second-order valence-electron chi connectivity index (χ2n) is 9.65. The van der Waals surface area contributed by atoms with Gasteiger partial charge in [0.25, 0.3) is 0 Å². The first-order chi connectivity index (χ1) is 12.5. The number of carbonyl (C=O) groups is 1. The molecule has 1 heterocycles. The molecule has 0 saturated carbocycles. The van der Waals surface area contributed by atoms with E-state index in [9.17, 15) is 9.90 Å². The van der Waals surface area contributed by atoms with Crippen LogP contribution >= 0.6 is 11.8 Å². The Bertz CT molecular complexity index is 941. The minimum absolute atomic E-state index is 0.165. The Kier molecular flexibility index (Phi) is 4.05. The van der Waals surface area contributed by atoms with E-state index in [-0.39, 0.29) is 21.8 Å². The third kappa shape index (κ3) is 2.82. The fourth-order valence-corrected chi connectivity index (χ4v) is 6.05. The molecule has 0 radical (unpaired) electrons. The highest BCUT2D eigenvalue weighted by atomic mass is 32.2. The number of carboxylic acid groups (broad SMARTS) is 1. The van der Waals surface area contributed by atoms with Crippen molar-refractivity contribution in [2.45, 2.75) is 68.6 Å². The zero-order chi connectivity index (χ0) is 19.6. The highest BCUT2D eigenvalue weighted by Gasteiger charge is 2.41. The van der Waals surface area contributed by atoms with Crippen molar-refractivity contribution in [3.05, 3.63) is 64.2 Å². The number of hydrogen-bond acceptors (Lipinski definition) is 3. The van der Waals surface area contributed by atoms with Gasteiger partial charge in [0, 0.05) is 16.1 Å². The van der Waals surface area contributed by atoms with Crippen molar-refractivity contribution in [3.8, 4) is 0 Å². The van der Waals surface area contributed by atoms with Crippen molar-refractivity contribution < 1.29 is 9.90 Å². The molecule has 0 aromatic heterocycles. The van der Waals surface area contributed by atoms with Crippen LogP contribution in [0.3, 0.4) is 0 Å². The van der Waals surface area contributed by atoms with Gasteiger partial charge < -0.3 is 9.90 Å². The summed E-state index contributed by atoms with van der Waals surface area (Å²) in [7, 11) is 0. The van der Waals surface area contributed by atoms with Crippen LogP contribution in [-0.2, 0) is 16.2 Å². The number of fused-ring (bicyclic) bond motifs is 2. The number of aromatic carboxylic acids is 1. The van der Waals surface area contributed by atoms with Gasteiger partial charge in [0.05, 0.1) is 5.97 Å². The second-order valence-corrected chi connectivity index (χ2v) is 10.7. The highest BCUT2D eigenvalue weighted by molar-refractivity contribution is 7.99. The summed E-state index contributed by atoms with van der Waals surface area (Å²) in [4.78, 5) is 12.6. The topological polar surface area (TPSA) is 40.1 Å². The van der Waals surface area contributed by atoms with E-state index in [1.54, 1.807) is 6.07 Å². The zero-order valence-corrected chi connectivity index (χ0v) is 17.6. The average molecular weight is 380 g/mol. The summed E-state index contributed by atoms with van der Waals surface area (Å²) in [5, 5.41) is 11.4. The van der Waals surface area contributed by atoms with Crippen molar-refractivity contribution in [2.24, 2.45) is 0 Å². The predicted molar refractivity (Wildman–Crippen MR) is 110 cm³/mol. The summed E-state index contributed by atoms with van der Waals surface area (Å²) in [5.74, 6) is -0.174. The van der Waals surface area contributed by atoms with Gasteiger partial charge in [-0.15, -0.1) is 11.8 Å². The number of carbonyl (C=O) groups excluding carboxylic acids is 1. The molecule has 2 nitrogen and oxygen atoms in total. The van der Waals surface area contributed by atoms with Crippen LogP contribution in [0.2, 0.25) is 0 Å². The van der Waals surface area contributed by atoms with E-state index in [1.807, 2.05) is 23.9 Å². The number of benzene rings is 2. The summed E-state index contributed by atoms with van der Waals surface area (Å²) in [6.07, 6.45) is 2.39. The Labute approximate surface area is 166 Å². The molecular weight excluding hydrogens is 352 g/mol. The van der Waals surface area contributed by atoms with E-state index in [1.165, 1.54) is 34.4 Å². The maximum Gasteiger partial charge on any atom is 0.0715 e. The molecule has 0 saturated heterocycles. The Morgan fingerprint density at radius 2 is 1.56 bits per heavy atom. The zero-order valence-electron chi connectivity index (χ0n) is 16.8. The van der Waals surface area contributed by atoms with Crippen LogP contribution in [0.25, 0.3) is 0 Å². The third-order valence-corrected chi connectivity index (χ3v) is 8.20. The molecule has 2 aromatic carbocycles. The molecule has 0 spiro atoms. The SMILES string of the molecule is CC1(C)CCC(C)(C)c2cc(C3(C)CSc4ccc(C(=O)[O-])cc43)ccc21. The molecule has 1 unspecified atom stereocenters. The molecule has 2 aliphatic rings. The van der Waals surface area contributed by atoms with Crippen molar-refractivity contribution >= 4 is 17.7 Å². The van der Waals surface area contributed by atoms with E-state index < -0.39 is 5.97 Å². The molecule has 4 rings (SSSR count). The van der Waals surface area contributed by atoms with Gasteiger partial charge >= 0.3 is 0 Å². The monoisotopic (exact) mass is 379 g/mol. The van der Waals surface area contributed by atoms with Crippen molar-refractivity contribution in [3.63, 3.8) is 0 Å². The molecule has 0 N–H and O–H groups in total. The molecule has 3 heteroatoms. The summed E-state index contributed by atoms with van der Waals surface area (Å²) in [6.45, 7) is 11.6. The molecule has 27 heavy (non-hydrogen) atoms. The van der Waals surface area contributed by atoms with Crippen molar-refractivity contribution in [2.75, 3.05) is 5.75 Å². The first-order valence-corrected chi connectivity index (χ1v) is 10.7. The van der Waals surface area contributed by atoms with Gasteiger partial charge in [-0.2, -0.15) is 0 Å². The lowest BCUT2D eigenvalue weighted by Crippen LogP contribution is -2.35. The van der Waals surface area contributed by atoms with Crippen LogP contribution in [0.5, 0.6) is 0 Å². The average Bonchev–Trinajstić information content (AvgIpc) is 2.96. The van der Waals surface area contributed by atoms with Crippen LogP contribution in [0, 0.1) is 0 Å². The second kappa shape index (κ2) is 5.88. The van der Waals surface area contributed by atoms with Gasteiger partial charge in [0.15, 0.2) is 0 Å². The maximum atomic E-state index is 11.4. The van der Waals surface area contributed by atoms with Gasteiger partial charge in [0.2, 0.25) is 0 Å². The van der Waals surface area contributed by atoms with Crippen LogP contribution in [0.4, 0.5) is 0 Å². The summed E-state index contributed by atoms with van der Waals surface area (Å²) < 4.78 is 0. The van der Waals surface area contributed by atoms with Gasteiger partial charge in [-0.1, -0.05) is 58.9 Å². The normalized spacial score (nSPS) is 24.9. The molecular formula is C24H27O2S-. The van der Waals surface area contributed by atoms with Gasteiger partial charge in [-0.3, -0.25) is 0 Å². The fraction of sp³-hybridized carbons (Fsp3) is 0.458. The molecule has 1 aliphatic heterocycles. The summed E-state index contributed by atoms with van der Waals surface area (Å²) in [5.41, 5.74) is 5.76.